The first kappa shape index (κ1) is 59.3. The van der Waals surface area contributed by atoms with Gasteiger partial charge in [0.1, 0.15) is 0 Å². The third-order valence-corrected chi connectivity index (χ3v) is 6.74. The average molecular weight is 772 g/mol. The van der Waals surface area contributed by atoms with Gasteiger partial charge in [0, 0.05) is 11.8 Å². The summed E-state index contributed by atoms with van der Waals surface area (Å²) in [5, 5.41) is 0. The van der Waals surface area contributed by atoms with Crippen molar-refractivity contribution in [2.24, 2.45) is 11.8 Å². The summed E-state index contributed by atoms with van der Waals surface area (Å²) in [6.07, 6.45) is 20.0. The second-order valence-corrected chi connectivity index (χ2v) is 11.9. The number of rotatable bonds is 1. The molecule has 226 valence electrons. The summed E-state index contributed by atoms with van der Waals surface area (Å²) in [5.74, 6) is 1.19. The molecule has 0 aromatic rings. The van der Waals surface area contributed by atoms with E-state index >= 15 is 0 Å². The van der Waals surface area contributed by atoms with Gasteiger partial charge >= 0.3 is 64.1 Å². The topological polar surface area (TPSA) is 0 Å². The maximum atomic E-state index is 4.93. The Morgan fingerprint density at radius 1 is 0.615 bits per heavy atom. The predicted molar refractivity (Wildman–Crippen MR) is 167 cm³/mol. The van der Waals surface area contributed by atoms with Crippen molar-refractivity contribution >= 4 is 17.0 Å². The van der Waals surface area contributed by atoms with Crippen molar-refractivity contribution in [3.8, 4) is 0 Å². The van der Waals surface area contributed by atoms with Crippen LogP contribution in [0, 0.1) is 61.1 Å². The summed E-state index contributed by atoms with van der Waals surface area (Å²) in [7, 11) is 9.87. The summed E-state index contributed by atoms with van der Waals surface area (Å²) in [4.78, 5) is 0. The second-order valence-electron chi connectivity index (χ2n) is 8.21. The SMILES string of the molecule is CC1=C(C)C(C)C(C2=C(C)C(C)=C(C)C2C)=C1C.[C-]1=CC=CC1.[C-]1=CC=CC1.[CH3-].[CH3-].[CH3-].[CH3-].[CH3-].[Cl-].[Cl-].[Cl][Zr][Cl].[Zr+2]. The Kier molecular flexibility index (Phi) is 48.3. The zero-order valence-corrected chi connectivity index (χ0v) is 34.5. The summed E-state index contributed by atoms with van der Waals surface area (Å²) < 4.78 is 0. The molecule has 39 heavy (non-hydrogen) atoms. The molecule has 0 radical (unpaired) electrons. The molecule has 4 rings (SSSR count). The molecule has 0 saturated heterocycles. The van der Waals surface area contributed by atoms with Crippen molar-refractivity contribution in [3.63, 3.8) is 0 Å². The molecule has 4 aliphatic rings. The van der Waals surface area contributed by atoms with E-state index in [9.17, 15) is 0 Å². The van der Waals surface area contributed by atoms with Crippen LogP contribution in [0.15, 0.2) is 81.0 Å². The van der Waals surface area contributed by atoms with Crippen molar-refractivity contribution < 1.29 is 71.9 Å². The summed E-state index contributed by atoms with van der Waals surface area (Å²) in [6.45, 7) is 18.5. The van der Waals surface area contributed by atoms with E-state index in [0.29, 0.717) is 11.8 Å². The quantitative estimate of drug-likeness (QED) is 0.295. The Hall–Kier alpha value is 0.846. The van der Waals surface area contributed by atoms with Gasteiger partial charge in [0.2, 0.25) is 0 Å². The van der Waals surface area contributed by atoms with Crippen molar-refractivity contribution in [2.75, 3.05) is 0 Å². The van der Waals surface area contributed by atoms with E-state index in [4.69, 9.17) is 17.0 Å². The molecule has 0 spiro atoms. The third kappa shape index (κ3) is 17.5. The summed E-state index contributed by atoms with van der Waals surface area (Å²) >= 11 is -0.826. The predicted octanol–water partition coefficient (Wildman–Crippen LogP) is 5.84. The van der Waals surface area contributed by atoms with Crippen LogP contribution in [0.3, 0.4) is 0 Å². The maximum Gasteiger partial charge on any atom is 2.00 e. The Bertz CT molecular complexity index is 793. The molecule has 0 aromatic carbocycles. The van der Waals surface area contributed by atoms with E-state index < -0.39 is 20.8 Å². The standard InChI is InChI=1S/C18H26.2C5H5.5CH3.4ClH.2Zr/c1-9-10(2)14(6)17(13(9)5)18-15(7)11(3)12(4)16(18)8;2*1-2-4-5-3-1;;;;;;;;;;;/h13,15H,1-8H3;2*1-3H,4H2;5*1H3;4*1H;;/q;7*-1;;;;;2*+2/p-4. The number of hydrogen-bond acceptors (Lipinski definition) is 0. The van der Waals surface area contributed by atoms with Gasteiger partial charge in [-0.15, -0.1) is 12.8 Å². The van der Waals surface area contributed by atoms with Gasteiger partial charge in [-0.3, -0.25) is 12.2 Å². The van der Waals surface area contributed by atoms with Gasteiger partial charge in [-0.2, -0.15) is 12.2 Å². The van der Waals surface area contributed by atoms with E-state index in [1.165, 1.54) is 22.3 Å². The van der Waals surface area contributed by atoms with Crippen LogP contribution in [0.25, 0.3) is 0 Å². The Labute approximate surface area is 296 Å². The van der Waals surface area contributed by atoms with Crippen LogP contribution in [0.5, 0.6) is 0 Å². The number of hydrogen-bond donors (Lipinski definition) is 0. The van der Waals surface area contributed by atoms with Crippen LogP contribution in [-0.4, -0.2) is 0 Å². The first-order valence-electron chi connectivity index (χ1n) is 10.9. The minimum atomic E-state index is -0.826. The zero-order chi connectivity index (χ0) is 23.6. The first-order valence-corrected chi connectivity index (χ1v) is 17.2. The molecule has 4 aliphatic carbocycles. The van der Waals surface area contributed by atoms with Crippen molar-refractivity contribution in [3.05, 3.63) is 130 Å². The molecule has 6 heteroatoms. The van der Waals surface area contributed by atoms with Gasteiger partial charge < -0.3 is 61.9 Å². The van der Waals surface area contributed by atoms with E-state index in [0.717, 1.165) is 12.8 Å². The van der Waals surface area contributed by atoms with Gasteiger partial charge in [-0.05, 0) is 75.0 Å². The Morgan fingerprint density at radius 2 is 0.872 bits per heavy atom. The molecule has 0 N–H and O–H groups in total. The van der Waals surface area contributed by atoms with Crippen LogP contribution in [-0.2, 0) is 47.1 Å². The largest absolute Gasteiger partial charge is 2.00 e. The summed E-state index contributed by atoms with van der Waals surface area (Å²) in [6, 6.07) is 0. The Balaban J connectivity index is -0.0000000648. The normalized spacial score (nSPS) is 18.4. The van der Waals surface area contributed by atoms with E-state index in [1.54, 1.807) is 22.3 Å². The fourth-order valence-electron chi connectivity index (χ4n) is 4.28. The minimum Gasteiger partial charge on any atom is 2.00 e. The average Bonchev–Trinajstić information content (AvgIpc) is 3.56. The van der Waals surface area contributed by atoms with Crippen molar-refractivity contribution in [1.82, 2.24) is 0 Å². The molecule has 0 aromatic heterocycles. The fraction of sp³-hybridized carbons (Fsp3) is 0.364. The summed E-state index contributed by atoms with van der Waals surface area (Å²) in [5.41, 5.74) is 12.4. The molecule has 0 saturated carbocycles. The molecular weight excluding hydrogens is 721 g/mol. The first-order chi connectivity index (χ1) is 14.7. The third-order valence-electron chi connectivity index (χ3n) is 6.74. The van der Waals surface area contributed by atoms with Crippen LogP contribution < -0.4 is 24.8 Å². The minimum absolute atomic E-state index is 0. The maximum absolute atomic E-state index is 4.93. The van der Waals surface area contributed by atoms with E-state index in [2.05, 4.69) is 79.7 Å². The van der Waals surface area contributed by atoms with Crippen molar-refractivity contribution in [2.45, 2.75) is 68.2 Å². The molecule has 0 nitrogen and oxygen atoms in total. The van der Waals surface area contributed by atoms with Crippen LogP contribution >= 0.6 is 17.0 Å². The van der Waals surface area contributed by atoms with Crippen LogP contribution in [0.4, 0.5) is 0 Å². The zero-order valence-electron chi connectivity index (χ0n) is 26.5. The van der Waals surface area contributed by atoms with Crippen LogP contribution in [0.1, 0.15) is 68.2 Å². The number of allylic oxidation sites excluding steroid dienone is 16. The number of halogens is 4. The van der Waals surface area contributed by atoms with Crippen molar-refractivity contribution in [1.29, 1.82) is 0 Å². The molecule has 0 bridgehead atoms. The molecule has 2 atom stereocenters. The monoisotopic (exact) mass is 767 g/mol. The molecular formula is C33H51Cl4Zr2-7. The van der Waals surface area contributed by atoms with E-state index in [1.807, 2.05) is 24.3 Å². The molecule has 0 aliphatic heterocycles. The van der Waals surface area contributed by atoms with Gasteiger partial charge in [0.25, 0.3) is 0 Å². The second kappa shape index (κ2) is 31.8. The molecule has 0 amide bonds. The molecule has 0 heterocycles. The van der Waals surface area contributed by atoms with E-state index in [-0.39, 0.29) is 88.2 Å². The fourth-order valence-corrected chi connectivity index (χ4v) is 4.28. The van der Waals surface area contributed by atoms with Gasteiger partial charge in [0.15, 0.2) is 0 Å². The van der Waals surface area contributed by atoms with Gasteiger partial charge in [0.05, 0.1) is 0 Å². The Morgan fingerprint density at radius 3 is 0.974 bits per heavy atom. The smallest absolute Gasteiger partial charge is 2.00 e. The molecule has 2 unspecified atom stereocenters. The molecule has 0 fully saturated rings. The van der Waals surface area contributed by atoms with Gasteiger partial charge in [-0.1, -0.05) is 25.0 Å². The van der Waals surface area contributed by atoms with Gasteiger partial charge in [-0.25, -0.2) is 24.3 Å². The van der Waals surface area contributed by atoms with Crippen LogP contribution in [0.2, 0.25) is 0 Å².